The third-order valence-corrected chi connectivity index (χ3v) is 3.81. The van der Waals surface area contributed by atoms with Crippen LogP contribution in [0.15, 0.2) is 33.8 Å². The van der Waals surface area contributed by atoms with Crippen LogP contribution in [-0.2, 0) is 16.0 Å². The number of furan rings is 1. The molecule has 1 aromatic carbocycles. The number of aliphatic hydroxyl groups is 1. The fourth-order valence-corrected chi connectivity index (χ4v) is 2.40. The number of para-hydroxylation sites is 1. The van der Waals surface area contributed by atoms with E-state index >= 15 is 0 Å². The Balaban J connectivity index is 1.73. The lowest BCUT2D eigenvalue weighted by Crippen LogP contribution is -2.48. The van der Waals surface area contributed by atoms with Crippen LogP contribution < -0.4 is 0 Å². The third-order valence-electron chi connectivity index (χ3n) is 3.81. The lowest BCUT2D eigenvalue weighted by atomic mass is 9.88. The van der Waals surface area contributed by atoms with Crippen LogP contribution in [0, 0.1) is 5.41 Å². The third kappa shape index (κ3) is 2.66. The smallest absolute Gasteiger partial charge is 0.134 e. The maximum Gasteiger partial charge on any atom is 0.134 e. The van der Waals surface area contributed by atoms with Crippen molar-refractivity contribution < 1.29 is 19.1 Å². The van der Waals surface area contributed by atoms with E-state index in [1.807, 2.05) is 31.2 Å². The number of hydrogen-bond acceptors (Lipinski definition) is 5. The molecule has 1 aromatic heterocycles. The van der Waals surface area contributed by atoms with Crippen LogP contribution in [0.4, 0.5) is 0 Å². The van der Waals surface area contributed by atoms with Gasteiger partial charge in [0.15, 0.2) is 0 Å². The van der Waals surface area contributed by atoms with Crippen molar-refractivity contribution in [3.63, 3.8) is 0 Å². The molecule has 0 amide bonds. The Morgan fingerprint density at radius 1 is 1.38 bits per heavy atom. The normalized spacial score (nSPS) is 17.2. The van der Waals surface area contributed by atoms with Crippen molar-refractivity contribution >= 4 is 17.2 Å². The SMILES string of the molecule is CCc1oc2ccccc2c1/C=N/OCC1(CO)COC1. The zero-order chi connectivity index (χ0) is 14.7. The van der Waals surface area contributed by atoms with Gasteiger partial charge in [-0.05, 0) is 6.07 Å². The quantitative estimate of drug-likeness (QED) is 0.655. The average molecular weight is 289 g/mol. The molecule has 1 aliphatic rings. The number of aryl methyl sites for hydroxylation is 1. The fourth-order valence-electron chi connectivity index (χ4n) is 2.40. The van der Waals surface area contributed by atoms with Gasteiger partial charge in [0, 0.05) is 17.4 Å². The maximum atomic E-state index is 9.32. The fraction of sp³-hybridized carbons (Fsp3) is 0.438. The van der Waals surface area contributed by atoms with Gasteiger partial charge in [0.2, 0.25) is 0 Å². The van der Waals surface area contributed by atoms with Crippen molar-refractivity contribution in [2.24, 2.45) is 10.6 Å². The molecule has 5 heteroatoms. The number of benzene rings is 1. The molecule has 0 spiro atoms. The summed E-state index contributed by atoms with van der Waals surface area (Å²) in [5.41, 5.74) is 1.52. The summed E-state index contributed by atoms with van der Waals surface area (Å²) >= 11 is 0. The lowest BCUT2D eigenvalue weighted by molar-refractivity contribution is -0.168. The zero-order valence-electron chi connectivity index (χ0n) is 12.0. The van der Waals surface area contributed by atoms with Gasteiger partial charge < -0.3 is 19.1 Å². The first-order valence-corrected chi connectivity index (χ1v) is 7.12. The molecule has 0 atom stereocenters. The first-order chi connectivity index (χ1) is 10.3. The van der Waals surface area contributed by atoms with Gasteiger partial charge in [-0.2, -0.15) is 0 Å². The van der Waals surface area contributed by atoms with Gasteiger partial charge in [-0.25, -0.2) is 0 Å². The topological polar surface area (TPSA) is 64.2 Å². The van der Waals surface area contributed by atoms with E-state index in [0.717, 1.165) is 28.7 Å². The highest BCUT2D eigenvalue weighted by molar-refractivity contribution is 5.99. The summed E-state index contributed by atoms with van der Waals surface area (Å²) in [4.78, 5) is 5.34. The average Bonchev–Trinajstić information content (AvgIpc) is 2.84. The predicted octanol–water partition coefficient (Wildman–Crippen LogP) is 2.35. The highest BCUT2D eigenvalue weighted by atomic mass is 16.6. The van der Waals surface area contributed by atoms with Gasteiger partial charge in [-0.15, -0.1) is 0 Å². The summed E-state index contributed by atoms with van der Waals surface area (Å²) in [7, 11) is 0. The van der Waals surface area contributed by atoms with Crippen LogP contribution in [0.25, 0.3) is 11.0 Å². The molecule has 3 rings (SSSR count). The number of ether oxygens (including phenoxy) is 1. The molecule has 2 aromatic rings. The van der Waals surface area contributed by atoms with E-state index in [1.54, 1.807) is 6.21 Å². The monoisotopic (exact) mass is 289 g/mol. The Morgan fingerprint density at radius 3 is 2.86 bits per heavy atom. The maximum absolute atomic E-state index is 9.32. The minimum Gasteiger partial charge on any atom is -0.460 e. The van der Waals surface area contributed by atoms with Crippen molar-refractivity contribution in [1.29, 1.82) is 0 Å². The molecule has 2 heterocycles. The number of nitrogens with zero attached hydrogens (tertiary/aromatic N) is 1. The van der Waals surface area contributed by atoms with E-state index in [2.05, 4.69) is 5.16 Å². The van der Waals surface area contributed by atoms with Crippen LogP contribution in [0.5, 0.6) is 0 Å². The summed E-state index contributed by atoms with van der Waals surface area (Å²) in [5, 5.41) is 14.4. The number of rotatable bonds is 6. The molecule has 1 fully saturated rings. The Morgan fingerprint density at radius 2 is 2.19 bits per heavy atom. The molecule has 1 saturated heterocycles. The Hall–Kier alpha value is -1.85. The molecule has 5 nitrogen and oxygen atoms in total. The molecule has 0 bridgehead atoms. The van der Waals surface area contributed by atoms with Gasteiger partial charge in [0.1, 0.15) is 18.0 Å². The van der Waals surface area contributed by atoms with Crippen molar-refractivity contribution in [2.75, 3.05) is 26.4 Å². The summed E-state index contributed by atoms with van der Waals surface area (Å²) in [5.74, 6) is 0.896. The van der Waals surface area contributed by atoms with Gasteiger partial charge >= 0.3 is 0 Å². The standard InChI is InChI=1S/C16H19NO4/c1-2-14-13(12-5-3-4-6-15(12)21-14)7-17-20-11-16(8-18)9-19-10-16/h3-7,18H,2,8-11H2,1H3/b17-7+. The minimum atomic E-state index is -0.288. The van der Waals surface area contributed by atoms with E-state index in [-0.39, 0.29) is 12.0 Å². The zero-order valence-corrected chi connectivity index (χ0v) is 12.0. The number of fused-ring (bicyclic) bond motifs is 1. The highest BCUT2D eigenvalue weighted by Gasteiger charge is 2.39. The first kappa shape index (κ1) is 14.1. The molecule has 0 aliphatic carbocycles. The second-order valence-electron chi connectivity index (χ2n) is 5.45. The molecule has 21 heavy (non-hydrogen) atoms. The molecule has 1 aliphatic heterocycles. The van der Waals surface area contributed by atoms with Crippen molar-refractivity contribution in [1.82, 2.24) is 0 Å². The van der Waals surface area contributed by atoms with E-state index in [4.69, 9.17) is 14.0 Å². The molecule has 0 radical (unpaired) electrons. The van der Waals surface area contributed by atoms with E-state index in [1.165, 1.54) is 0 Å². The summed E-state index contributed by atoms with van der Waals surface area (Å²) in [6.45, 7) is 3.50. The van der Waals surface area contributed by atoms with Crippen molar-refractivity contribution in [3.05, 3.63) is 35.6 Å². The summed E-state index contributed by atoms with van der Waals surface area (Å²) < 4.78 is 10.9. The van der Waals surface area contributed by atoms with Crippen LogP contribution in [0.2, 0.25) is 0 Å². The molecule has 0 unspecified atom stereocenters. The minimum absolute atomic E-state index is 0.0529. The van der Waals surface area contributed by atoms with E-state index in [9.17, 15) is 5.11 Å². The summed E-state index contributed by atoms with van der Waals surface area (Å²) in [6.07, 6.45) is 2.49. The van der Waals surface area contributed by atoms with Gasteiger partial charge in [0.05, 0.1) is 31.5 Å². The number of hydrogen-bond donors (Lipinski definition) is 1. The molecule has 112 valence electrons. The summed E-state index contributed by atoms with van der Waals surface area (Å²) in [6, 6.07) is 7.87. The Bertz CT molecular complexity index is 637. The van der Waals surface area contributed by atoms with E-state index < -0.39 is 0 Å². The lowest BCUT2D eigenvalue weighted by Gasteiger charge is -2.38. The molecule has 1 N–H and O–H groups in total. The highest BCUT2D eigenvalue weighted by Crippen LogP contribution is 2.27. The number of aliphatic hydroxyl groups excluding tert-OH is 1. The second kappa shape index (κ2) is 5.87. The van der Waals surface area contributed by atoms with Gasteiger partial charge in [-0.1, -0.05) is 30.3 Å². The Labute approximate surface area is 123 Å². The van der Waals surface area contributed by atoms with Crippen molar-refractivity contribution in [2.45, 2.75) is 13.3 Å². The van der Waals surface area contributed by atoms with Gasteiger partial charge in [-0.3, -0.25) is 0 Å². The largest absolute Gasteiger partial charge is 0.460 e. The van der Waals surface area contributed by atoms with Crippen LogP contribution in [0.1, 0.15) is 18.2 Å². The predicted molar refractivity (Wildman–Crippen MR) is 79.5 cm³/mol. The first-order valence-electron chi connectivity index (χ1n) is 7.12. The molecule has 0 saturated carbocycles. The van der Waals surface area contributed by atoms with Crippen LogP contribution >= 0.6 is 0 Å². The van der Waals surface area contributed by atoms with Crippen LogP contribution in [-0.4, -0.2) is 37.7 Å². The Kier molecular flexibility index (Phi) is 3.94. The number of oxime groups is 1. The van der Waals surface area contributed by atoms with E-state index in [0.29, 0.717) is 19.8 Å². The van der Waals surface area contributed by atoms with Crippen LogP contribution in [0.3, 0.4) is 0 Å². The molecular weight excluding hydrogens is 270 g/mol. The second-order valence-corrected chi connectivity index (χ2v) is 5.45. The molecular formula is C16H19NO4. The van der Waals surface area contributed by atoms with Crippen molar-refractivity contribution in [3.8, 4) is 0 Å². The van der Waals surface area contributed by atoms with Gasteiger partial charge in [0.25, 0.3) is 0 Å².